The van der Waals surface area contributed by atoms with E-state index in [1.165, 1.54) is 11.1 Å². The lowest BCUT2D eigenvalue weighted by Crippen LogP contribution is -2.17. The van der Waals surface area contributed by atoms with Gasteiger partial charge < -0.3 is 10.5 Å². The Labute approximate surface area is 85.1 Å². The highest BCUT2D eigenvalue weighted by atomic mass is 16.5. The van der Waals surface area contributed by atoms with Gasteiger partial charge in [0.05, 0.1) is 6.61 Å². The molecule has 1 aliphatic rings. The number of benzene rings is 1. The summed E-state index contributed by atoms with van der Waals surface area (Å²) in [4.78, 5) is 0. The molecule has 0 amide bonds. The van der Waals surface area contributed by atoms with Crippen LogP contribution < -0.4 is 10.5 Å². The molecule has 1 atom stereocenters. The van der Waals surface area contributed by atoms with Crippen molar-refractivity contribution in [1.82, 2.24) is 0 Å². The van der Waals surface area contributed by atoms with Crippen molar-refractivity contribution in [2.45, 2.75) is 19.8 Å². The second-order valence-corrected chi connectivity index (χ2v) is 4.01. The molecule has 76 valence electrons. The number of fused-ring (bicyclic) bond motifs is 1. The zero-order chi connectivity index (χ0) is 9.97. The standard InChI is InChI=1S/C12H17NO/c1-9-3-2-4-11-7-10(8-13)5-6-14-12(9)11/h2-4,10H,5-8,13H2,1H3. The summed E-state index contributed by atoms with van der Waals surface area (Å²) in [6.07, 6.45) is 2.14. The van der Waals surface area contributed by atoms with Gasteiger partial charge in [-0.25, -0.2) is 0 Å². The second-order valence-electron chi connectivity index (χ2n) is 4.01. The summed E-state index contributed by atoms with van der Waals surface area (Å²) in [6, 6.07) is 6.34. The van der Waals surface area contributed by atoms with E-state index in [4.69, 9.17) is 10.5 Å². The molecule has 1 unspecified atom stereocenters. The number of para-hydroxylation sites is 1. The lowest BCUT2D eigenvalue weighted by atomic mass is 9.96. The topological polar surface area (TPSA) is 35.2 Å². The van der Waals surface area contributed by atoms with Gasteiger partial charge in [0.1, 0.15) is 5.75 Å². The minimum Gasteiger partial charge on any atom is -0.493 e. The minimum atomic E-state index is 0.582. The van der Waals surface area contributed by atoms with Crippen molar-refractivity contribution in [1.29, 1.82) is 0 Å². The van der Waals surface area contributed by atoms with Gasteiger partial charge in [0.15, 0.2) is 0 Å². The fourth-order valence-electron chi connectivity index (χ4n) is 2.02. The molecule has 1 aliphatic heterocycles. The van der Waals surface area contributed by atoms with Gasteiger partial charge in [0.25, 0.3) is 0 Å². The summed E-state index contributed by atoms with van der Waals surface area (Å²) in [5.41, 5.74) is 8.27. The Morgan fingerprint density at radius 1 is 1.50 bits per heavy atom. The van der Waals surface area contributed by atoms with Crippen LogP contribution >= 0.6 is 0 Å². The van der Waals surface area contributed by atoms with E-state index >= 15 is 0 Å². The molecule has 0 fully saturated rings. The van der Waals surface area contributed by atoms with Crippen molar-refractivity contribution in [2.24, 2.45) is 11.7 Å². The van der Waals surface area contributed by atoms with Gasteiger partial charge in [0, 0.05) is 0 Å². The van der Waals surface area contributed by atoms with Crippen molar-refractivity contribution in [3.63, 3.8) is 0 Å². The van der Waals surface area contributed by atoms with E-state index in [0.29, 0.717) is 5.92 Å². The summed E-state index contributed by atoms with van der Waals surface area (Å²) in [6.45, 7) is 3.66. The van der Waals surface area contributed by atoms with Crippen LogP contribution in [0.5, 0.6) is 5.75 Å². The highest BCUT2D eigenvalue weighted by Gasteiger charge is 2.17. The third kappa shape index (κ3) is 1.75. The summed E-state index contributed by atoms with van der Waals surface area (Å²) in [5, 5.41) is 0. The predicted molar refractivity (Wildman–Crippen MR) is 57.5 cm³/mol. The lowest BCUT2D eigenvalue weighted by molar-refractivity contribution is 0.295. The first-order chi connectivity index (χ1) is 6.81. The van der Waals surface area contributed by atoms with Crippen molar-refractivity contribution in [3.8, 4) is 5.75 Å². The first-order valence-corrected chi connectivity index (χ1v) is 5.22. The number of ether oxygens (including phenoxy) is 1. The molecule has 0 saturated carbocycles. The summed E-state index contributed by atoms with van der Waals surface area (Å²) < 4.78 is 5.76. The Hall–Kier alpha value is -1.02. The van der Waals surface area contributed by atoms with Crippen LogP contribution in [0.25, 0.3) is 0 Å². The molecule has 1 heterocycles. The van der Waals surface area contributed by atoms with Gasteiger partial charge in [-0.2, -0.15) is 0 Å². The lowest BCUT2D eigenvalue weighted by Gasteiger charge is -2.10. The molecule has 2 rings (SSSR count). The summed E-state index contributed by atoms with van der Waals surface area (Å²) in [7, 11) is 0. The van der Waals surface area contributed by atoms with E-state index in [2.05, 4.69) is 25.1 Å². The van der Waals surface area contributed by atoms with Gasteiger partial charge in [0.2, 0.25) is 0 Å². The normalized spacial score (nSPS) is 20.9. The molecule has 0 bridgehead atoms. The molecule has 0 aromatic heterocycles. The van der Waals surface area contributed by atoms with Crippen LogP contribution in [0.15, 0.2) is 18.2 Å². The number of aryl methyl sites for hydroxylation is 1. The molecule has 1 aromatic carbocycles. The zero-order valence-corrected chi connectivity index (χ0v) is 8.62. The fraction of sp³-hybridized carbons (Fsp3) is 0.500. The molecule has 0 saturated heterocycles. The first-order valence-electron chi connectivity index (χ1n) is 5.22. The monoisotopic (exact) mass is 191 g/mol. The predicted octanol–water partition coefficient (Wildman–Crippen LogP) is 1.89. The molecule has 2 nitrogen and oxygen atoms in total. The molecule has 1 aromatic rings. The average molecular weight is 191 g/mol. The number of nitrogens with two attached hydrogens (primary N) is 1. The van der Waals surface area contributed by atoms with Gasteiger partial charge in [-0.1, -0.05) is 18.2 Å². The van der Waals surface area contributed by atoms with Crippen LogP contribution in [0.2, 0.25) is 0 Å². The first kappa shape index (κ1) is 9.53. The van der Waals surface area contributed by atoms with E-state index in [9.17, 15) is 0 Å². The maximum atomic E-state index is 5.76. The highest BCUT2D eigenvalue weighted by Crippen LogP contribution is 2.29. The minimum absolute atomic E-state index is 0.582. The average Bonchev–Trinajstić information content (AvgIpc) is 2.40. The molecule has 14 heavy (non-hydrogen) atoms. The van der Waals surface area contributed by atoms with Crippen molar-refractivity contribution >= 4 is 0 Å². The van der Waals surface area contributed by atoms with E-state index < -0.39 is 0 Å². The Balaban J connectivity index is 2.32. The Bertz CT molecular complexity index is 322. The van der Waals surface area contributed by atoms with Gasteiger partial charge in [-0.05, 0) is 43.4 Å². The van der Waals surface area contributed by atoms with Crippen LogP contribution in [0.4, 0.5) is 0 Å². The largest absolute Gasteiger partial charge is 0.493 e. The Morgan fingerprint density at radius 2 is 2.36 bits per heavy atom. The van der Waals surface area contributed by atoms with Crippen LogP contribution in [-0.4, -0.2) is 13.2 Å². The Morgan fingerprint density at radius 3 is 3.14 bits per heavy atom. The van der Waals surface area contributed by atoms with Crippen LogP contribution in [0.1, 0.15) is 17.5 Å². The van der Waals surface area contributed by atoms with E-state index in [0.717, 1.165) is 31.7 Å². The van der Waals surface area contributed by atoms with Crippen molar-refractivity contribution < 1.29 is 4.74 Å². The maximum Gasteiger partial charge on any atom is 0.125 e. The van der Waals surface area contributed by atoms with E-state index in [1.54, 1.807) is 0 Å². The smallest absolute Gasteiger partial charge is 0.125 e. The van der Waals surface area contributed by atoms with Gasteiger partial charge >= 0.3 is 0 Å². The van der Waals surface area contributed by atoms with Crippen molar-refractivity contribution in [2.75, 3.05) is 13.2 Å². The van der Waals surface area contributed by atoms with Gasteiger partial charge in [-0.15, -0.1) is 0 Å². The molecule has 0 radical (unpaired) electrons. The maximum absolute atomic E-state index is 5.76. The highest BCUT2D eigenvalue weighted by molar-refractivity contribution is 5.41. The second kappa shape index (κ2) is 4.01. The van der Waals surface area contributed by atoms with E-state index in [-0.39, 0.29) is 0 Å². The summed E-state index contributed by atoms with van der Waals surface area (Å²) >= 11 is 0. The third-order valence-electron chi connectivity index (χ3n) is 2.91. The Kier molecular flexibility index (Phi) is 2.73. The fourth-order valence-corrected chi connectivity index (χ4v) is 2.02. The SMILES string of the molecule is Cc1cccc2c1OCCC(CN)C2. The number of rotatable bonds is 1. The zero-order valence-electron chi connectivity index (χ0n) is 8.62. The van der Waals surface area contributed by atoms with Crippen LogP contribution in [0.3, 0.4) is 0 Å². The van der Waals surface area contributed by atoms with Gasteiger partial charge in [-0.3, -0.25) is 0 Å². The summed E-state index contributed by atoms with van der Waals surface area (Å²) in [5.74, 6) is 1.67. The van der Waals surface area contributed by atoms with Crippen LogP contribution in [0, 0.1) is 12.8 Å². The molecule has 2 heteroatoms. The molecule has 0 spiro atoms. The third-order valence-corrected chi connectivity index (χ3v) is 2.91. The van der Waals surface area contributed by atoms with E-state index in [1.807, 2.05) is 0 Å². The number of hydrogen-bond donors (Lipinski definition) is 1. The quantitative estimate of drug-likeness (QED) is 0.735. The molecular weight excluding hydrogens is 174 g/mol. The number of hydrogen-bond acceptors (Lipinski definition) is 2. The molecule has 2 N–H and O–H groups in total. The molecule has 0 aliphatic carbocycles. The molecular formula is C12H17NO. The van der Waals surface area contributed by atoms with Crippen molar-refractivity contribution in [3.05, 3.63) is 29.3 Å². The van der Waals surface area contributed by atoms with Crippen LogP contribution in [-0.2, 0) is 6.42 Å².